The van der Waals surface area contributed by atoms with Gasteiger partial charge in [-0.25, -0.2) is 0 Å². The van der Waals surface area contributed by atoms with Gasteiger partial charge in [0.1, 0.15) is 0 Å². The quantitative estimate of drug-likeness (QED) is 0.772. The summed E-state index contributed by atoms with van der Waals surface area (Å²) in [5.74, 6) is 1.07. The van der Waals surface area contributed by atoms with Gasteiger partial charge < -0.3 is 15.6 Å². The van der Waals surface area contributed by atoms with Gasteiger partial charge in [-0.05, 0) is 49.1 Å². The summed E-state index contributed by atoms with van der Waals surface area (Å²) in [4.78, 5) is 16.6. The molecular formula is C19H25ClN4O2. The second kappa shape index (κ2) is 8.64. The standard InChI is InChI=1S/C19H25ClN4O2/c20-15-6-4-14(5-7-15)18-23-17(26-24-18)8-11-22-16(25)12-19(13-21)9-2-1-3-10-19/h4-7H,1-3,8-13,21H2,(H,22,25). The molecule has 26 heavy (non-hydrogen) atoms. The van der Waals surface area contributed by atoms with Crippen molar-refractivity contribution in [2.45, 2.75) is 44.9 Å². The largest absolute Gasteiger partial charge is 0.356 e. The lowest BCUT2D eigenvalue weighted by Crippen LogP contribution is -2.39. The second-order valence-electron chi connectivity index (χ2n) is 7.06. The molecule has 1 saturated carbocycles. The van der Waals surface area contributed by atoms with E-state index in [9.17, 15) is 4.79 Å². The molecule has 0 bridgehead atoms. The maximum atomic E-state index is 12.3. The molecule has 1 aliphatic rings. The number of rotatable bonds is 7. The van der Waals surface area contributed by atoms with E-state index in [1.54, 1.807) is 12.1 Å². The number of carbonyl (C=O) groups is 1. The van der Waals surface area contributed by atoms with E-state index in [4.69, 9.17) is 21.9 Å². The van der Waals surface area contributed by atoms with Gasteiger partial charge in [0.05, 0.1) is 0 Å². The molecule has 1 aromatic heterocycles. The van der Waals surface area contributed by atoms with E-state index in [2.05, 4.69) is 15.5 Å². The molecule has 1 fully saturated rings. The number of hydrogen-bond donors (Lipinski definition) is 2. The number of nitrogens with two attached hydrogens (primary N) is 1. The van der Waals surface area contributed by atoms with Crippen LogP contribution in [0.5, 0.6) is 0 Å². The number of aromatic nitrogens is 2. The van der Waals surface area contributed by atoms with Crippen LogP contribution in [0.3, 0.4) is 0 Å². The van der Waals surface area contributed by atoms with Crippen molar-refractivity contribution in [3.8, 4) is 11.4 Å². The molecule has 0 atom stereocenters. The summed E-state index contributed by atoms with van der Waals surface area (Å²) in [6.07, 6.45) is 6.68. The second-order valence-corrected chi connectivity index (χ2v) is 7.50. The highest BCUT2D eigenvalue weighted by Gasteiger charge is 2.32. The fourth-order valence-corrected chi connectivity index (χ4v) is 3.67. The Labute approximate surface area is 158 Å². The Kier molecular flexibility index (Phi) is 6.27. The first kappa shape index (κ1) is 18.9. The summed E-state index contributed by atoms with van der Waals surface area (Å²) in [7, 11) is 0. The minimum Gasteiger partial charge on any atom is -0.356 e. The SMILES string of the molecule is NCC1(CC(=O)NCCc2nc(-c3ccc(Cl)cc3)no2)CCCCC1. The summed E-state index contributed by atoms with van der Waals surface area (Å²) in [6.45, 7) is 1.05. The summed E-state index contributed by atoms with van der Waals surface area (Å²) in [5.41, 5.74) is 6.78. The summed E-state index contributed by atoms with van der Waals surface area (Å²) >= 11 is 5.88. The molecule has 140 valence electrons. The molecule has 3 rings (SSSR count). The van der Waals surface area contributed by atoms with Gasteiger partial charge >= 0.3 is 0 Å². The van der Waals surface area contributed by atoms with E-state index in [1.165, 1.54) is 19.3 Å². The highest BCUT2D eigenvalue weighted by molar-refractivity contribution is 6.30. The van der Waals surface area contributed by atoms with Gasteiger partial charge in [-0.1, -0.05) is 36.0 Å². The zero-order valence-electron chi connectivity index (χ0n) is 14.8. The smallest absolute Gasteiger partial charge is 0.228 e. The molecule has 1 aliphatic carbocycles. The Morgan fingerprint density at radius 1 is 1.23 bits per heavy atom. The Hall–Kier alpha value is -1.92. The Bertz CT molecular complexity index is 723. The first-order valence-electron chi connectivity index (χ1n) is 9.16. The molecule has 6 nitrogen and oxygen atoms in total. The van der Waals surface area contributed by atoms with Crippen molar-refractivity contribution in [2.24, 2.45) is 11.1 Å². The molecule has 0 radical (unpaired) electrons. The minimum atomic E-state index is -0.0193. The highest BCUT2D eigenvalue weighted by atomic mass is 35.5. The Morgan fingerprint density at radius 3 is 2.65 bits per heavy atom. The molecule has 0 saturated heterocycles. The molecule has 2 aromatic rings. The van der Waals surface area contributed by atoms with E-state index in [-0.39, 0.29) is 11.3 Å². The van der Waals surface area contributed by atoms with E-state index in [1.807, 2.05) is 12.1 Å². The monoisotopic (exact) mass is 376 g/mol. The summed E-state index contributed by atoms with van der Waals surface area (Å²) in [5, 5.41) is 7.59. The van der Waals surface area contributed by atoms with Gasteiger partial charge in [0.15, 0.2) is 0 Å². The molecule has 1 heterocycles. The van der Waals surface area contributed by atoms with Crippen LogP contribution in [0.25, 0.3) is 11.4 Å². The van der Waals surface area contributed by atoms with Crippen LogP contribution in [0.2, 0.25) is 5.02 Å². The summed E-state index contributed by atoms with van der Waals surface area (Å²) < 4.78 is 5.26. The number of nitrogens with zero attached hydrogens (tertiary/aromatic N) is 2. The topological polar surface area (TPSA) is 94.0 Å². The van der Waals surface area contributed by atoms with Gasteiger partial charge in [-0.3, -0.25) is 4.79 Å². The van der Waals surface area contributed by atoms with Crippen LogP contribution in [-0.2, 0) is 11.2 Å². The lowest BCUT2D eigenvalue weighted by molar-refractivity contribution is -0.123. The third-order valence-electron chi connectivity index (χ3n) is 5.11. The van der Waals surface area contributed by atoms with Gasteiger partial charge in [-0.15, -0.1) is 0 Å². The molecule has 3 N–H and O–H groups in total. The maximum absolute atomic E-state index is 12.3. The Morgan fingerprint density at radius 2 is 1.96 bits per heavy atom. The molecule has 0 aliphatic heterocycles. The van der Waals surface area contributed by atoms with Crippen molar-refractivity contribution in [1.82, 2.24) is 15.5 Å². The molecule has 1 amide bonds. The number of halogens is 1. The van der Waals surface area contributed by atoms with Crippen LogP contribution in [0.15, 0.2) is 28.8 Å². The fraction of sp³-hybridized carbons (Fsp3) is 0.526. The van der Waals surface area contributed by atoms with Crippen molar-refractivity contribution >= 4 is 17.5 Å². The molecule has 0 unspecified atom stereocenters. The van der Waals surface area contributed by atoms with E-state index >= 15 is 0 Å². The van der Waals surface area contributed by atoms with Crippen molar-refractivity contribution < 1.29 is 9.32 Å². The average molecular weight is 377 g/mol. The van der Waals surface area contributed by atoms with Gasteiger partial charge in [0.25, 0.3) is 0 Å². The van der Waals surface area contributed by atoms with Crippen molar-refractivity contribution in [2.75, 3.05) is 13.1 Å². The third kappa shape index (κ3) is 4.83. The number of benzene rings is 1. The first-order chi connectivity index (χ1) is 12.6. The molecular weight excluding hydrogens is 352 g/mol. The molecule has 1 aromatic carbocycles. The van der Waals surface area contributed by atoms with Crippen molar-refractivity contribution in [3.05, 3.63) is 35.2 Å². The number of hydrogen-bond acceptors (Lipinski definition) is 5. The lowest BCUT2D eigenvalue weighted by Gasteiger charge is -2.35. The van der Waals surface area contributed by atoms with Gasteiger partial charge in [0, 0.05) is 30.0 Å². The van der Waals surface area contributed by atoms with Crippen LogP contribution in [-0.4, -0.2) is 29.1 Å². The normalized spacial score (nSPS) is 16.4. The van der Waals surface area contributed by atoms with E-state index < -0.39 is 0 Å². The van der Waals surface area contributed by atoms with Gasteiger partial charge in [0.2, 0.25) is 17.6 Å². The zero-order chi connectivity index (χ0) is 18.4. The first-order valence-corrected chi connectivity index (χ1v) is 9.53. The minimum absolute atomic E-state index is 0.0193. The van der Waals surface area contributed by atoms with Gasteiger partial charge in [-0.2, -0.15) is 4.98 Å². The maximum Gasteiger partial charge on any atom is 0.228 e. The van der Waals surface area contributed by atoms with E-state index in [0.29, 0.717) is 42.7 Å². The van der Waals surface area contributed by atoms with Crippen LogP contribution in [0.4, 0.5) is 0 Å². The average Bonchev–Trinajstić information content (AvgIpc) is 3.12. The van der Waals surface area contributed by atoms with Crippen LogP contribution in [0, 0.1) is 5.41 Å². The zero-order valence-corrected chi connectivity index (χ0v) is 15.6. The van der Waals surface area contributed by atoms with E-state index in [0.717, 1.165) is 18.4 Å². The number of nitrogens with one attached hydrogen (secondary N) is 1. The Balaban J connectivity index is 1.47. The van der Waals surface area contributed by atoms with Crippen molar-refractivity contribution in [1.29, 1.82) is 0 Å². The molecule has 7 heteroatoms. The number of amides is 1. The van der Waals surface area contributed by atoms with Crippen molar-refractivity contribution in [3.63, 3.8) is 0 Å². The molecule has 0 spiro atoms. The third-order valence-corrected chi connectivity index (χ3v) is 5.37. The lowest BCUT2D eigenvalue weighted by atomic mass is 9.71. The summed E-state index contributed by atoms with van der Waals surface area (Å²) in [6, 6.07) is 7.25. The predicted octanol–water partition coefficient (Wildman–Crippen LogP) is 3.35. The van der Waals surface area contributed by atoms with Crippen LogP contribution in [0.1, 0.15) is 44.4 Å². The fourth-order valence-electron chi connectivity index (χ4n) is 3.54. The predicted molar refractivity (Wildman–Crippen MR) is 101 cm³/mol. The number of carbonyl (C=O) groups excluding carboxylic acids is 1. The highest BCUT2D eigenvalue weighted by Crippen LogP contribution is 2.38. The van der Waals surface area contributed by atoms with Crippen LogP contribution < -0.4 is 11.1 Å². The van der Waals surface area contributed by atoms with Crippen LogP contribution >= 0.6 is 11.6 Å².